The summed E-state index contributed by atoms with van der Waals surface area (Å²) in [6.07, 6.45) is 7.34. The molecule has 1 saturated carbocycles. The molecule has 0 heterocycles. The fourth-order valence-corrected chi connectivity index (χ4v) is 3.23. The van der Waals surface area contributed by atoms with Gasteiger partial charge in [0.25, 0.3) is 0 Å². The van der Waals surface area contributed by atoms with Gasteiger partial charge in [0.05, 0.1) is 6.42 Å². The zero-order valence-electron chi connectivity index (χ0n) is 12.3. The predicted octanol–water partition coefficient (Wildman–Crippen LogP) is 3.34. The molecule has 1 aromatic rings. The molecule has 1 N–H and O–H groups in total. The number of benzene rings is 1. The van der Waals surface area contributed by atoms with Crippen LogP contribution in [0.2, 0.25) is 0 Å². The Kier molecular flexibility index (Phi) is 5.60. The zero-order valence-corrected chi connectivity index (χ0v) is 12.3. The maximum Gasteiger partial charge on any atom is 0.304 e. The molecular weight excluding hydrogens is 250 g/mol. The maximum absolute atomic E-state index is 11.2. The quantitative estimate of drug-likeness (QED) is 0.865. The number of carboxylic acids is 1. The Morgan fingerprint density at radius 2 is 1.90 bits per heavy atom. The third kappa shape index (κ3) is 4.34. The second kappa shape index (κ2) is 7.44. The third-order valence-corrected chi connectivity index (χ3v) is 4.45. The van der Waals surface area contributed by atoms with Crippen molar-refractivity contribution in [3.63, 3.8) is 0 Å². The highest BCUT2D eigenvalue weighted by atomic mass is 16.4. The van der Waals surface area contributed by atoms with E-state index in [1.165, 1.54) is 37.7 Å². The van der Waals surface area contributed by atoms with Gasteiger partial charge in [0.1, 0.15) is 0 Å². The summed E-state index contributed by atoms with van der Waals surface area (Å²) in [5.41, 5.74) is 1.22. The van der Waals surface area contributed by atoms with Crippen LogP contribution in [-0.4, -0.2) is 35.1 Å². The Hall–Kier alpha value is -1.35. The van der Waals surface area contributed by atoms with Gasteiger partial charge in [0.15, 0.2) is 0 Å². The van der Waals surface area contributed by atoms with Gasteiger partial charge in [-0.3, -0.25) is 9.69 Å². The van der Waals surface area contributed by atoms with E-state index in [2.05, 4.69) is 24.1 Å². The molecule has 0 aliphatic heterocycles. The Morgan fingerprint density at radius 1 is 1.25 bits per heavy atom. The number of carboxylic acid groups (broad SMARTS) is 1. The minimum atomic E-state index is -0.700. The lowest BCUT2D eigenvalue weighted by Gasteiger charge is -2.36. The summed E-state index contributed by atoms with van der Waals surface area (Å²) in [4.78, 5) is 13.5. The maximum atomic E-state index is 11.2. The topological polar surface area (TPSA) is 40.5 Å². The van der Waals surface area contributed by atoms with Gasteiger partial charge >= 0.3 is 5.97 Å². The Labute approximate surface area is 121 Å². The van der Waals surface area contributed by atoms with Crippen LogP contribution in [0.3, 0.4) is 0 Å². The van der Waals surface area contributed by atoms with Crippen LogP contribution in [0.1, 0.15) is 44.1 Å². The number of hydrogen-bond donors (Lipinski definition) is 1. The average Bonchev–Trinajstić information content (AvgIpc) is 2.47. The van der Waals surface area contributed by atoms with Crippen molar-refractivity contribution in [1.82, 2.24) is 4.90 Å². The van der Waals surface area contributed by atoms with Gasteiger partial charge in [0, 0.05) is 12.1 Å². The standard InChI is InChI=1S/C17H25NO2/c1-18(15-10-6-3-7-11-15)16(13-17(19)20)12-14-8-4-2-5-9-14/h2,4-5,8-9,15-16H,3,6-7,10-13H2,1H3,(H,19,20). The van der Waals surface area contributed by atoms with Crippen LogP contribution >= 0.6 is 0 Å². The van der Waals surface area contributed by atoms with Crippen molar-refractivity contribution in [3.8, 4) is 0 Å². The fourth-order valence-electron chi connectivity index (χ4n) is 3.23. The summed E-state index contributed by atoms with van der Waals surface area (Å²) in [5.74, 6) is -0.700. The van der Waals surface area contributed by atoms with Crippen LogP contribution in [-0.2, 0) is 11.2 Å². The summed E-state index contributed by atoms with van der Waals surface area (Å²) in [5, 5.41) is 9.18. The van der Waals surface area contributed by atoms with E-state index in [0.717, 1.165) is 6.42 Å². The first-order chi connectivity index (χ1) is 9.66. The first kappa shape index (κ1) is 15.0. The van der Waals surface area contributed by atoms with Crippen molar-refractivity contribution in [2.24, 2.45) is 0 Å². The van der Waals surface area contributed by atoms with E-state index < -0.39 is 5.97 Å². The van der Waals surface area contributed by atoms with Gasteiger partial charge in [0.2, 0.25) is 0 Å². The molecule has 1 unspecified atom stereocenters. The second-order valence-corrected chi connectivity index (χ2v) is 5.90. The van der Waals surface area contributed by atoms with E-state index in [9.17, 15) is 9.90 Å². The van der Waals surface area contributed by atoms with E-state index in [1.807, 2.05) is 18.2 Å². The number of hydrogen-bond acceptors (Lipinski definition) is 2. The minimum absolute atomic E-state index is 0.0954. The third-order valence-electron chi connectivity index (χ3n) is 4.45. The van der Waals surface area contributed by atoms with Gasteiger partial charge < -0.3 is 5.11 Å². The largest absolute Gasteiger partial charge is 0.481 e. The summed E-state index contributed by atoms with van der Waals surface area (Å²) in [6, 6.07) is 10.9. The molecule has 0 bridgehead atoms. The molecule has 1 aliphatic carbocycles. The van der Waals surface area contributed by atoms with Crippen molar-refractivity contribution < 1.29 is 9.90 Å². The molecule has 0 radical (unpaired) electrons. The van der Waals surface area contributed by atoms with Crippen LogP contribution in [0, 0.1) is 0 Å². The van der Waals surface area contributed by atoms with Crippen LogP contribution < -0.4 is 0 Å². The molecule has 1 fully saturated rings. The molecule has 3 heteroatoms. The molecule has 20 heavy (non-hydrogen) atoms. The second-order valence-electron chi connectivity index (χ2n) is 5.90. The molecule has 0 spiro atoms. The Morgan fingerprint density at radius 3 is 2.50 bits per heavy atom. The molecular formula is C17H25NO2. The van der Waals surface area contributed by atoms with E-state index >= 15 is 0 Å². The molecule has 0 amide bonds. The molecule has 2 rings (SSSR count). The molecule has 1 aromatic carbocycles. The molecule has 1 atom stereocenters. The number of rotatable bonds is 6. The Bertz CT molecular complexity index is 412. The number of aliphatic carboxylic acids is 1. The van der Waals surface area contributed by atoms with Crippen LogP contribution in [0.5, 0.6) is 0 Å². The molecule has 110 valence electrons. The van der Waals surface area contributed by atoms with Crippen molar-refractivity contribution in [2.45, 2.75) is 57.0 Å². The number of carbonyl (C=O) groups is 1. The summed E-state index contributed by atoms with van der Waals surface area (Å²) >= 11 is 0. The fraction of sp³-hybridized carbons (Fsp3) is 0.588. The average molecular weight is 275 g/mol. The lowest BCUT2D eigenvalue weighted by Crippen LogP contribution is -2.43. The predicted molar refractivity (Wildman–Crippen MR) is 80.8 cm³/mol. The highest BCUT2D eigenvalue weighted by Crippen LogP contribution is 2.25. The van der Waals surface area contributed by atoms with Gasteiger partial charge in [-0.25, -0.2) is 0 Å². The van der Waals surface area contributed by atoms with E-state index in [1.54, 1.807) is 0 Å². The number of nitrogens with zero attached hydrogens (tertiary/aromatic N) is 1. The molecule has 0 aromatic heterocycles. The van der Waals surface area contributed by atoms with E-state index in [-0.39, 0.29) is 12.5 Å². The monoisotopic (exact) mass is 275 g/mol. The highest BCUT2D eigenvalue weighted by molar-refractivity contribution is 5.67. The normalized spacial score (nSPS) is 18.1. The first-order valence-corrected chi connectivity index (χ1v) is 7.64. The van der Waals surface area contributed by atoms with Gasteiger partial charge in [-0.1, -0.05) is 49.6 Å². The molecule has 1 aliphatic rings. The van der Waals surface area contributed by atoms with Crippen molar-refractivity contribution in [1.29, 1.82) is 0 Å². The summed E-state index contributed by atoms with van der Waals surface area (Å²) in [7, 11) is 2.10. The summed E-state index contributed by atoms with van der Waals surface area (Å²) < 4.78 is 0. The highest BCUT2D eigenvalue weighted by Gasteiger charge is 2.26. The molecule has 3 nitrogen and oxygen atoms in total. The lowest BCUT2D eigenvalue weighted by atomic mass is 9.92. The van der Waals surface area contributed by atoms with Gasteiger partial charge in [-0.2, -0.15) is 0 Å². The first-order valence-electron chi connectivity index (χ1n) is 7.64. The molecule has 0 saturated heterocycles. The minimum Gasteiger partial charge on any atom is -0.481 e. The van der Waals surface area contributed by atoms with Gasteiger partial charge in [-0.05, 0) is 31.9 Å². The summed E-state index contributed by atoms with van der Waals surface area (Å²) in [6.45, 7) is 0. The smallest absolute Gasteiger partial charge is 0.304 e. The SMILES string of the molecule is CN(C1CCCCC1)C(CC(=O)O)Cc1ccccc1. The van der Waals surface area contributed by atoms with Crippen molar-refractivity contribution >= 4 is 5.97 Å². The van der Waals surface area contributed by atoms with Crippen molar-refractivity contribution in [2.75, 3.05) is 7.05 Å². The van der Waals surface area contributed by atoms with Crippen LogP contribution in [0.15, 0.2) is 30.3 Å². The van der Waals surface area contributed by atoms with E-state index in [4.69, 9.17) is 0 Å². The van der Waals surface area contributed by atoms with Crippen molar-refractivity contribution in [3.05, 3.63) is 35.9 Å². The zero-order chi connectivity index (χ0) is 14.4. The lowest BCUT2D eigenvalue weighted by molar-refractivity contribution is -0.138. The number of likely N-dealkylation sites (N-methyl/N-ethyl adjacent to an activating group) is 1. The Balaban J connectivity index is 2.03. The van der Waals surface area contributed by atoms with Gasteiger partial charge in [-0.15, -0.1) is 0 Å². The van der Waals surface area contributed by atoms with Crippen LogP contribution in [0.4, 0.5) is 0 Å². The van der Waals surface area contributed by atoms with E-state index in [0.29, 0.717) is 6.04 Å². The van der Waals surface area contributed by atoms with Crippen LogP contribution in [0.25, 0.3) is 0 Å².